The molecule has 22 heavy (non-hydrogen) atoms. The van der Waals surface area contributed by atoms with Crippen LogP contribution in [0, 0.1) is 5.82 Å². The number of hydrogen-bond donors (Lipinski definition) is 0. The zero-order chi connectivity index (χ0) is 15.1. The Labute approximate surface area is 126 Å². The molecule has 0 aromatic heterocycles. The molecule has 2 aromatic carbocycles. The number of carbonyl (C=O) groups is 1. The van der Waals surface area contributed by atoms with Gasteiger partial charge in [-0.1, -0.05) is 30.3 Å². The first-order valence-corrected chi connectivity index (χ1v) is 7.10. The summed E-state index contributed by atoms with van der Waals surface area (Å²) in [4.78, 5) is 17.8. The number of amides is 1. The van der Waals surface area contributed by atoms with Crippen molar-refractivity contribution >= 4 is 23.7 Å². The van der Waals surface area contributed by atoms with E-state index in [0.29, 0.717) is 23.4 Å². The molecule has 1 saturated heterocycles. The van der Waals surface area contributed by atoms with Crippen molar-refractivity contribution in [3.63, 3.8) is 0 Å². The summed E-state index contributed by atoms with van der Waals surface area (Å²) in [5.41, 5.74) is 2.60. The summed E-state index contributed by atoms with van der Waals surface area (Å²) in [5.74, 6) is -0.337. The second-order valence-corrected chi connectivity index (χ2v) is 5.31. The maximum atomic E-state index is 14.2. The van der Waals surface area contributed by atoms with E-state index in [4.69, 9.17) is 4.74 Å². The van der Waals surface area contributed by atoms with Crippen LogP contribution < -0.4 is 4.90 Å². The van der Waals surface area contributed by atoms with E-state index in [1.165, 1.54) is 11.0 Å². The van der Waals surface area contributed by atoms with Crippen LogP contribution >= 0.6 is 0 Å². The van der Waals surface area contributed by atoms with Crippen LogP contribution in [0.5, 0.6) is 0 Å². The van der Waals surface area contributed by atoms with Crippen LogP contribution in [0.15, 0.2) is 47.5 Å². The van der Waals surface area contributed by atoms with Gasteiger partial charge < -0.3 is 4.74 Å². The number of rotatable bonds is 2. The molecule has 0 unspecified atom stereocenters. The maximum Gasteiger partial charge on any atom is 0.415 e. The van der Waals surface area contributed by atoms with Crippen LogP contribution in [0.1, 0.15) is 17.2 Å². The Kier molecular flexibility index (Phi) is 2.92. The van der Waals surface area contributed by atoms with Gasteiger partial charge in [0.05, 0.1) is 17.4 Å². The lowest BCUT2D eigenvalue weighted by Gasteiger charge is -2.22. The van der Waals surface area contributed by atoms with Gasteiger partial charge in [0.2, 0.25) is 0 Å². The molecule has 2 aliphatic heterocycles. The highest BCUT2D eigenvalue weighted by molar-refractivity contribution is 5.92. The van der Waals surface area contributed by atoms with E-state index in [1.54, 1.807) is 12.3 Å². The second-order valence-electron chi connectivity index (χ2n) is 5.31. The van der Waals surface area contributed by atoms with Crippen molar-refractivity contribution in [2.24, 2.45) is 4.99 Å². The number of aliphatic imine (C=N–C) groups is 1. The van der Waals surface area contributed by atoms with Crippen molar-refractivity contribution in [3.05, 3.63) is 59.4 Å². The van der Waals surface area contributed by atoms with Gasteiger partial charge in [-0.05, 0) is 17.7 Å². The molecule has 0 aliphatic carbocycles. The van der Waals surface area contributed by atoms with Crippen molar-refractivity contribution in [1.82, 2.24) is 0 Å². The fraction of sp³-hybridized carbons (Fsp3) is 0.176. The number of ether oxygens (including phenoxy) is 1. The summed E-state index contributed by atoms with van der Waals surface area (Å²) in [6.07, 6.45) is 1.71. The zero-order valence-electron chi connectivity index (χ0n) is 11.7. The molecule has 4 rings (SSSR count). The average molecular weight is 296 g/mol. The topological polar surface area (TPSA) is 41.9 Å². The van der Waals surface area contributed by atoms with Gasteiger partial charge in [0, 0.05) is 18.2 Å². The van der Waals surface area contributed by atoms with Crippen molar-refractivity contribution in [1.29, 1.82) is 0 Å². The number of cyclic esters (lactones) is 1. The van der Waals surface area contributed by atoms with E-state index in [2.05, 4.69) is 4.99 Å². The fourth-order valence-corrected chi connectivity index (χ4v) is 2.93. The Morgan fingerprint density at radius 3 is 2.86 bits per heavy atom. The van der Waals surface area contributed by atoms with Gasteiger partial charge in [-0.25, -0.2) is 9.18 Å². The Morgan fingerprint density at radius 2 is 2.05 bits per heavy atom. The first-order valence-electron chi connectivity index (χ1n) is 7.10. The minimum atomic E-state index is -0.463. The number of carbonyl (C=O) groups excluding carboxylic acids is 1. The first-order chi connectivity index (χ1) is 10.7. The predicted molar refractivity (Wildman–Crippen MR) is 81.3 cm³/mol. The van der Waals surface area contributed by atoms with Crippen LogP contribution in [-0.2, 0) is 11.2 Å². The molecule has 2 aromatic rings. The smallest absolute Gasteiger partial charge is 0.415 e. The highest BCUT2D eigenvalue weighted by Gasteiger charge is 2.36. The predicted octanol–water partition coefficient (Wildman–Crippen LogP) is 3.78. The summed E-state index contributed by atoms with van der Waals surface area (Å²) in [5, 5.41) is 0. The minimum Gasteiger partial charge on any atom is -0.447 e. The maximum absolute atomic E-state index is 14.2. The lowest BCUT2D eigenvalue weighted by atomic mass is 10.1. The SMILES string of the molecule is O=C1OC[C@H](c2ccccc2)N1c1cc(F)c2c(c1)N=CC2. The number of nitrogens with zero attached hydrogens (tertiary/aromatic N) is 2. The number of hydrogen-bond acceptors (Lipinski definition) is 3. The molecule has 0 N–H and O–H groups in total. The third-order valence-corrected chi connectivity index (χ3v) is 4.02. The van der Waals surface area contributed by atoms with Crippen molar-refractivity contribution in [2.75, 3.05) is 11.5 Å². The minimum absolute atomic E-state index is 0.253. The van der Waals surface area contributed by atoms with Gasteiger partial charge in [0.15, 0.2) is 0 Å². The van der Waals surface area contributed by atoms with E-state index >= 15 is 0 Å². The molecule has 0 radical (unpaired) electrons. The van der Waals surface area contributed by atoms with Crippen molar-refractivity contribution in [2.45, 2.75) is 12.5 Å². The largest absolute Gasteiger partial charge is 0.447 e. The number of halogens is 1. The molecule has 5 heteroatoms. The van der Waals surface area contributed by atoms with Crippen LogP contribution in [-0.4, -0.2) is 18.9 Å². The second kappa shape index (κ2) is 4.94. The number of fused-ring (bicyclic) bond motifs is 1. The van der Waals surface area contributed by atoms with Crippen LogP contribution in [0.4, 0.5) is 20.6 Å². The molecule has 1 fully saturated rings. The monoisotopic (exact) mass is 296 g/mol. The number of benzene rings is 2. The molecule has 110 valence electrons. The number of anilines is 1. The van der Waals surface area contributed by atoms with Crippen molar-refractivity contribution < 1.29 is 13.9 Å². The Balaban J connectivity index is 1.78. The Morgan fingerprint density at radius 1 is 1.23 bits per heavy atom. The quantitative estimate of drug-likeness (QED) is 0.846. The van der Waals surface area contributed by atoms with Gasteiger partial charge in [-0.2, -0.15) is 0 Å². The van der Waals surface area contributed by atoms with Gasteiger partial charge in [0.25, 0.3) is 0 Å². The lowest BCUT2D eigenvalue weighted by Crippen LogP contribution is -2.27. The van der Waals surface area contributed by atoms with Gasteiger partial charge in [-0.15, -0.1) is 0 Å². The van der Waals surface area contributed by atoms with Crippen LogP contribution in [0.25, 0.3) is 0 Å². The standard InChI is InChI=1S/C17H13FN2O2/c18-14-8-12(9-15-13(14)6-7-19-15)20-16(10-22-17(20)21)11-4-2-1-3-5-11/h1-5,7-9,16H,6,10H2/t16-/m1/s1. The van der Waals surface area contributed by atoms with Gasteiger partial charge in [0.1, 0.15) is 12.4 Å². The summed E-state index contributed by atoms with van der Waals surface area (Å²) in [6.45, 7) is 0.255. The molecule has 0 saturated carbocycles. The molecule has 2 heterocycles. The molecule has 0 bridgehead atoms. The van der Waals surface area contributed by atoms with E-state index in [9.17, 15) is 9.18 Å². The fourth-order valence-electron chi connectivity index (χ4n) is 2.93. The van der Waals surface area contributed by atoms with E-state index < -0.39 is 6.09 Å². The molecular formula is C17H13FN2O2. The van der Waals surface area contributed by atoms with Crippen molar-refractivity contribution in [3.8, 4) is 0 Å². The Hall–Kier alpha value is -2.69. The molecule has 1 amide bonds. The summed E-state index contributed by atoms with van der Waals surface area (Å²) >= 11 is 0. The normalized spacial score (nSPS) is 19.4. The zero-order valence-corrected chi connectivity index (χ0v) is 11.7. The molecule has 1 atom stereocenters. The summed E-state index contributed by atoms with van der Waals surface area (Å²) in [7, 11) is 0. The van der Waals surface area contributed by atoms with E-state index in [-0.39, 0.29) is 18.5 Å². The summed E-state index contributed by atoms with van der Waals surface area (Å²) < 4.78 is 19.4. The summed E-state index contributed by atoms with van der Waals surface area (Å²) in [6, 6.07) is 12.5. The average Bonchev–Trinajstić information content (AvgIpc) is 3.14. The molecular weight excluding hydrogens is 283 g/mol. The Bertz CT molecular complexity index is 774. The van der Waals surface area contributed by atoms with Gasteiger partial charge >= 0.3 is 6.09 Å². The lowest BCUT2D eigenvalue weighted by molar-refractivity contribution is 0.179. The third kappa shape index (κ3) is 1.97. The highest BCUT2D eigenvalue weighted by atomic mass is 19.1. The van der Waals surface area contributed by atoms with Crippen LogP contribution in [0.3, 0.4) is 0 Å². The highest BCUT2D eigenvalue weighted by Crippen LogP contribution is 2.38. The van der Waals surface area contributed by atoms with E-state index in [0.717, 1.165) is 5.56 Å². The van der Waals surface area contributed by atoms with Crippen LogP contribution in [0.2, 0.25) is 0 Å². The van der Waals surface area contributed by atoms with Gasteiger partial charge in [-0.3, -0.25) is 9.89 Å². The molecule has 0 spiro atoms. The molecule has 2 aliphatic rings. The first kappa shape index (κ1) is 13.0. The van der Waals surface area contributed by atoms with E-state index in [1.807, 2.05) is 30.3 Å². The third-order valence-electron chi connectivity index (χ3n) is 4.02. The molecule has 4 nitrogen and oxygen atoms in total.